The highest BCUT2D eigenvalue weighted by Gasteiger charge is 2.40. The summed E-state index contributed by atoms with van der Waals surface area (Å²) in [4.78, 5) is 25.6. The molecule has 1 unspecified atom stereocenters. The number of hydrogen-bond donors (Lipinski definition) is 0. The predicted molar refractivity (Wildman–Crippen MR) is 49.2 cm³/mol. The Kier molecular flexibility index (Phi) is 2.59. The molecule has 0 aromatic carbocycles. The first-order valence-electron chi connectivity index (χ1n) is 4.49. The second kappa shape index (κ2) is 3.36. The zero-order valence-electron chi connectivity index (χ0n) is 8.57. The standard InChI is InChI=1S/C9H16N2O2/c1-6(2)5-7-8(12)11(4)9(13)10(7)3/h6-7H,5H2,1-4H3. The summed E-state index contributed by atoms with van der Waals surface area (Å²) in [5.74, 6) is 0.344. The van der Waals surface area contributed by atoms with Crippen LogP contribution in [-0.2, 0) is 4.79 Å². The van der Waals surface area contributed by atoms with Crippen LogP contribution in [0.3, 0.4) is 0 Å². The molecular formula is C9H16N2O2. The Labute approximate surface area is 78.5 Å². The topological polar surface area (TPSA) is 40.6 Å². The van der Waals surface area contributed by atoms with Gasteiger partial charge in [-0.25, -0.2) is 4.79 Å². The molecule has 74 valence electrons. The van der Waals surface area contributed by atoms with Gasteiger partial charge < -0.3 is 4.90 Å². The number of amides is 3. The highest BCUT2D eigenvalue weighted by atomic mass is 16.2. The van der Waals surface area contributed by atoms with Crippen LogP contribution < -0.4 is 0 Å². The van der Waals surface area contributed by atoms with Crippen LogP contribution in [0.25, 0.3) is 0 Å². The summed E-state index contributed by atoms with van der Waals surface area (Å²) in [6, 6.07) is -0.451. The highest BCUT2D eigenvalue weighted by molar-refractivity contribution is 6.03. The fourth-order valence-corrected chi connectivity index (χ4v) is 1.56. The van der Waals surface area contributed by atoms with Crippen LogP contribution in [0.15, 0.2) is 0 Å². The second-order valence-electron chi connectivity index (χ2n) is 3.94. The van der Waals surface area contributed by atoms with Gasteiger partial charge in [-0.2, -0.15) is 0 Å². The molecule has 1 aliphatic rings. The molecule has 1 atom stereocenters. The number of urea groups is 1. The Hall–Kier alpha value is -1.06. The van der Waals surface area contributed by atoms with E-state index >= 15 is 0 Å². The van der Waals surface area contributed by atoms with Gasteiger partial charge in [0, 0.05) is 14.1 Å². The van der Waals surface area contributed by atoms with Crippen molar-refractivity contribution in [2.75, 3.05) is 14.1 Å². The Bertz CT molecular complexity index is 238. The Morgan fingerprint density at radius 1 is 1.31 bits per heavy atom. The first-order chi connectivity index (χ1) is 5.95. The number of hydrogen-bond acceptors (Lipinski definition) is 2. The van der Waals surface area contributed by atoms with Crippen molar-refractivity contribution in [3.8, 4) is 0 Å². The zero-order chi connectivity index (χ0) is 10.2. The smallest absolute Gasteiger partial charge is 0.315 e. The van der Waals surface area contributed by atoms with Gasteiger partial charge in [0.05, 0.1) is 0 Å². The molecule has 3 amide bonds. The zero-order valence-corrected chi connectivity index (χ0v) is 8.57. The van der Waals surface area contributed by atoms with Gasteiger partial charge in [0.25, 0.3) is 5.91 Å². The van der Waals surface area contributed by atoms with Gasteiger partial charge in [-0.1, -0.05) is 13.8 Å². The molecule has 4 heteroatoms. The third kappa shape index (κ3) is 1.66. The van der Waals surface area contributed by atoms with Crippen LogP contribution >= 0.6 is 0 Å². The maximum Gasteiger partial charge on any atom is 0.326 e. The van der Waals surface area contributed by atoms with Crippen molar-refractivity contribution in [1.82, 2.24) is 9.80 Å². The van der Waals surface area contributed by atoms with E-state index in [9.17, 15) is 9.59 Å². The number of imide groups is 1. The van der Waals surface area contributed by atoms with Crippen molar-refractivity contribution in [3.05, 3.63) is 0 Å². The van der Waals surface area contributed by atoms with Crippen LogP contribution in [0.4, 0.5) is 4.79 Å². The van der Waals surface area contributed by atoms with Crippen molar-refractivity contribution in [1.29, 1.82) is 0 Å². The molecule has 1 saturated heterocycles. The average molecular weight is 184 g/mol. The first-order valence-corrected chi connectivity index (χ1v) is 4.49. The SMILES string of the molecule is CC(C)CC1C(=O)N(C)C(=O)N1C. The summed E-state index contributed by atoms with van der Waals surface area (Å²) >= 11 is 0. The normalized spacial score (nSPS) is 23.6. The third-order valence-corrected chi connectivity index (χ3v) is 2.37. The van der Waals surface area contributed by atoms with Gasteiger partial charge in [0.2, 0.25) is 0 Å². The van der Waals surface area contributed by atoms with Crippen LogP contribution in [0.1, 0.15) is 20.3 Å². The lowest BCUT2D eigenvalue weighted by Crippen LogP contribution is -2.32. The molecule has 1 rings (SSSR count). The van der Waals surface area contributed by atoms with E-state index in [2.05, 4.69) is 0 Å². The van der Waals surface area contributed by atoms with Gasteiger partial charge in [-0.05, 0) is 12.3 Å². The third-order valence-electron chi connectivity index (χ3n) is 2.37. The minimum absolute atomic E-state index is 0.0822. The summed E-state index contributed by atoms with van der Waals surface area (Å²) in [5, 5.41) is 0. The van der Waals surface area contributed by atoms with E-state index in [1.54, 1.807) is 7.05 Å². The molecule has 1 fully saturated rings. The van der Waals surface area contributed by atoms with E-state index < -0.39 is 0 Å². The fourth-order valence-electron chi connectivity index (χ4n) is 1.56. The largest absolute Gasteiger partial charge is 0.326 e. The molecule has 0 aromatic rings. The van der Waals surface area contributed by atoms with Crippen molar-refractivity contribution < 1.29 is 9.59 Å². The number of carbonyl (C=O) groups excluding carboxylic acids is 2. The number of rotatable bonds is 2. The monoisotopic (exact) mass is 184 g/mol. The van der Waals surface area contributed by atoms with E-state index in [0.717, 1.165) is 6.42 Å². The maximum atomic E-state index is 11.5. The number of nitrogens with zero attached hydrogens (tertiary/aromatic N) is 2. The van der Waals surface area contributed by atoms with Gasteiger partial charge in [0.1, 0.15) is 6.04 Å². The van der Waals surface area contributed by atoms with E-state index in [1.807, 2.05) is 13.8 Å². The van der Waals surface area contributed by atoms with Gasteiger partial charge in [-0.3, -0.25) is 9.69 Å². The van der Waals surface area contributed by atoms with Crippen molar-refractivity contribution in [3.63, 3.8) is 0 Å². The molecule has 1 heterocycles. The molecule has 13 heavy (non-hydrogen) atoms. The first kappa shape index (κ1) is 10.0. The molecule has 1 aliphatic heterocycles. The number of carbonyl (C=O) groups is 2. The molecule has 0 spiro atoms. The summed E-state index contributed by atoms with van der Waals surface area (Å²) in [5.41, 5.74) is 0. The minimum atomic E-state index is -0.252. The summed E-state index contributed by atoms with van der Waals surface area (Å²) in [7, 11) is 3.21. The summed E-state index contributed by atoms with van der Waals surface area (Å²) in [6.07, 6.45) is 0.741. The van der Waals surface area contributed by atoms with Crippen LogP contribution in [-0.4, -0.2) is 41.9 Å². The predicted octanol–water partition coefficient (Wildman–Crippen LogP) is 0.925. The minimum Gasteiger partial charge on any atom is -0.315 e. The maximum absolute atomic E-state index is 11.5. The molecule has 0 bridgehead atoms. The summed E-state index contributed by atoms with van der Waals surface area (Å²) < 4.78 is 0. The summed E-state index contributed by atoms with van der Waals surface area (Å²) in [6.45, 7) is 4.09. The van der Waals surface area contributed by atoms with Gasteiger partial charge in [-0.15, -0.1) is 0 Å². The van der Waals surface area contributed by atoms with Crippen LogP contribution in [0.5, 0.6) is 0 Å². The second-order valence-corrected chi connectivity index (χ2v) is 3.94. The van der Waals surface area contributed by atoms with E-state index in [1.165, 1.54) is 16.8 Å². The van der Waals surface area contributed by atoms with E-state index in [4.69, 9.17) is 0 Å². The Morgan fingerprint density at radius 2 is 1.85 bits per heavy atom. The molecule has 4 nitrogen and oxygen atoms in total. The Morgan fingerprint density at radius 3 is 2.15 bits per heavy atom. The molecular weight excluding hydrogens is 168 g/mol. The van der Waals surface area contributed by atoms with Crippen molar-refractivity contribution >= 4 is 11.9 Å². The molecule has 0 aromatic heterocycles. The number of likely N-dealkylation sites (N-methyl/N-ethyl adjacent to an activating group) is 2. The van der Waals surface area contributed by atoms with Crippen molar-refractivity contribution in [2.24, 2.45) is 5.92 Å². The molecule has 0 radical (unpaired) electrons. The molecule has 0 aliphatic carbocycles. The van der Waals surface area contributed by atoms with Crippen LogP contribution in [0.2, 0.25) is 0 Å². The lowest BCUT2D eigenvalue weighted by molar-refractivity contribution is -0.127. The lowest BCUT2D eigenvalue weighted by Gasteiger charge is -2.17. The molecule has 0 N–H and O–H groups in total. The van der Waals surface area contributed by atoms with Crippen molar-refractivity contribution in [2.45, 2.75) is 26.3 Å². The Balaban J connectivity index is 2.75. The fraction of sp³-hybridized carbons (Fsp3) is 0.778. The lowest BCUT2D eigenvalue weighted by atomic mass is 10.0. The van der Waals surface area contributed by atoms with Gasteiger partial charge >= 0.3 is 6.03 Å². The highest BCUT2D eigenvalue weighted by Crippen LogP contribution is 2.19. The average Bonchev–Trinajstić information content (AvgIpc) is 2.22. The molecule has 0 saturated carbocycles. The van der Waals surface area contributed by atoms with Crippen LogP contribution in [0, 0.1) is 5.92 Å². The van der Waals surface area contributed by atoms with Gasteiger partial charge in [0.15, 0.2) is 0 Å². The van der Waals surface area contributed by atoms with E-state index in [0.29, 0.717) is 5.92 Å². The quantitative estimate of drug-likeness (QED) is 0.599. The van der Waals surface area contributed by atoms with E-state index in [-0.39, 0.29) is 18.0 Å².